The minimum absolute atomic E-state index is 0. The topological polar surface area (TPSA) is 35.5 Å². The predicted octanol–water partition coefficient (Wildman–Crippen LogP) is 2.76. The number of phenolic OH excluding ortho intramolecular Hbond substituents is 1. The largest absolute Gasteiger partial charge is 0.507 e. The molecule has 0 radical (unpaired) electrons. The van der Waals surface area contributed by atoms with Crippen LogP contribution < -0.4 is 5.32 Å². The van der Waals surface area contributed by atoms with Gasteiger partial charge in [-0.3, -0.25) is 4.90 Å². The molecule has 0 saturated carbocycles. The maximum atomic E-state index is 10.2. The lowest BCUT2D eigenvalue weighted by Crippen LogP contribution is -2.44. The van der Waals surface area contributed by atoms with Crippen LogP contribution in [0.3, 0.4) is 0 Å². The summed E-state index contributed by atoms with van der Waals surface area (Å²) < 4.78 is 0. The second-order valence-electron chi connectivity index (χ2n) is 4.67. The fourth-order valence-electron chi connectivity index (χ4n) is 2.50. The number of nitrogens with one attached hydrogen (secondary N) is 1. The van der Waals surface area contributed by atoms with Crippen LogP contribution in [0.4, 0.5) is 0 Å². The Labute approximate surface area is 128 Å². The summed E-state index contributed by atoms with van der Waals surface area (Å²) in [4.78, 5) is 2.42. The molecule has 0 aliphatic carbocycles. The van der Waals surface area contributed by atoms with Gasteiger partial charge in [0.1, 0.15) is 5.75 Å². The van der Waals surface area contributed by atoms with Crippen molar-refractivity contribution in [2.75, 3.05) is 26.2 Å². The number of hydrogen-bond donors (Lipinski definition) is 2. The van der Waals surface area contributed by atoms with E-state index in [1.807, 2.05) is 18.2 Å². The van der Waals surface area contributed by atoms with E-state index in [-0.39, 0.29) is 24.8 Å². The summed E-state index contributed by atoms with van der Waals surface area (Å²) in [7, 11) is 0. The Hall–Kier alpha value is -0.480. The summed E-state index contributed by atoms with van der Waals surface area (Å²) in [6, 6.07) is 6.39. The lowest BCUT2D eigenvalue weighted by Gasteiger charge is -2.33. The van der Waals surface area contributed by atoms with E-state index in [0.717, 1.165) is 43.7 Å². The second kappa shape index (κ2) is 8.64. The molecule has 1 atom stereocenters. The molecule has 19 heavy (non-hydrogen) atoms. The number of phenols is 1. The first-order valence-corrected chi connectivity index (χ1v) is 6.49. The van der Waals surface area contributed by atoms with Crippen molar-refractivity contribution in [1.82, 2.24) is 10.2 Å². The van der Waals surface area contributed by atoms with Crippen molar-refractivity contribution in [2.45, 2.75) is 26.3 Å². The van der Waals surface area contributed by atoms with Crippen LogP contribution in [0, 0.1) is 0 Å². The Balaban J connectivity index is 0.00000162. The molecule has 1 heterocycles. The zero-order valence-corrected chi connectivity index (χ0v) is 13.2. The number of aryl methyl sites for hydroxylation is 1. The number of rotatable bonds is 3. The summed E-state index contributed by atoms with van der Waals surface area (Å²) in [6.07, 6.45) is 0.883. The molecule has 110 valence electrons. The summed E-state index contributed by atoms with van der Waals surface area (Å²) in [6.45, 7) is 8.44. The number of nitrogens with zero attached hydrogens (tertiary/aromatic N) is 1. The molecule has 2 N–H and O–H groups in total. The lowest BCUT2D eigenvalue weighted by atomic mass is 10.0. The Bertz CT molecular complexity index is 382. The smallest absolute Gasteiger partial charge is 0.123 e. The van der Waals surface area contributed by atoms with Crippen LogP contribution in [-0.2, 0) is 6.42 Å². The van der Waals surface area contributed by atoms with Gasteiger partial charge in [0.25, 0.3) is 0 Å². The molecule has 5 heteroatoms. The van der Waals surface area contributed by atoms with Gasteiger partial charge in [-0.05, 0) is 18.9 Å². The fraction of sp³-hybridized carbons (Fsp3) is 0.571. The third-order valence-electron chi connectivity index (χ3n) is 3.68. The molecule has 1 fully saturated rings. The minimum Gasteiger partial charge on any atom is -0.507 e. The van der Waals surface area contributed by atoms with Crippen molar-refractivity contribution >= 4 is 24.8 Å². The number of piperazine rings is 1. The van der Waals surface area contributed by atoms with Gasteiger partial charge in [-0.2, -0.15) is 0 Å². The zero-order valence-electron chi connectivity index (χ0n) is 11.6. The highest BCUT2D eigenvalue weighted by atomic mass is 35.5. The molecule has 1 saturated heterocycles. The monoisotopic (exact) mass is 306 g/mol. The fourth-order valence-corrected chi connectivity index (χ4v) is 2.50. The van der Waals surface area contributed by atoms with Crippen molar-refractivity contribution in [3.8, 4) is 5.75 Å². The number of aromatic hydroxyl groups is 1. The second-order valence-corrected chi connectivity index (χ2v) is 4.67. The molecular formula is C14H24Cl2N2O. The highest BCUT2D eigenvalue weighted by Gasteiger charge is 2.20. The Morgan fingerprint density at radius 2 is 1.89 bits per heavy atom. The highest BCUT2D eigenvalue weighted by molar-refractivity contribution is 5.85. The van der Waals surface area contributed by atoms with Crippen LogP contribution in [0.15, 0.2) is 18.2 Å². The molecule has 2 rings (SSSR count). The lowest BCUT2D eigenvalue weighted by molar-refractivity contribution is 0.183. The summed E-state index contributed by atoms with van der Waals surface area (Å²) in [5.74, 6) is 0.487. The van der Waals surface area contributed by atoms with Gasteiger partial charge >= 0.3 is 0 Å². The Morgan fingerprint density at radius 3 is 2.47 bits per heavy atom. The van der Waals surface area contributed by atoms with Crippen LogP contribution in [0.1, 0.15) is 31.0 Å². The average Bonchev–Trinajstić information content (AvgIpc) is 2.39. The van der Waals surface area contributed by atoms with Crippen LogP contribution in [-0.4, -0.2) is 36.2 Å². The van der Waals surface area contributed by atoms with E-state index in [1.54, 1.807) is 0 Å². The molecule has 0 amide bonds. The average molecular weight is 307 g/mol. The SMILES string of the molecule is CCc1cccc([C@@H](C)N2CCNCC2)c1O.Cl.Cl. The quantitative estimate of drug-likeness (QED) is 0.901. The van der Waals surface area contributed by atoms with Crippen molar-refractivity contribution in [3.05, 3.63) is 29.3 Å². The van der Waals surface area contributed by atoms with Crippen molar-refractivity contribution in [1.29, 1.82) is 0 Å². The van der Waals surface area contributed by atoms with E-state index < -0.39 is 0 Å². The molecule has 0 spiro atoms. The normalized spacial score (nSPS) is 17.2. The predicted molar refractivity (Wildman–Crippen MR) is 84.8 cm³/mol. The minimum atomic E-state index is 0. The van der Waals surface area contributed by atoms with Gasteiger partial charge in [0, 0.05) is 37.8 Å². The number of benzene rings is 1. The highest BCUT2D eigenvalue weighted by Crippen LogP contribution is 2.31. The van der Waals surface area contributed by atoms with E-state index in [9.17, 15) is 5.11 Å². The third kappa shape index (κ3) is 4.25. The van der Waals surface area contributed by atoms with Gasteiger partial charge < -0.3 is 10.4 Å². The maximum Gasteiger partial charge on any atom is 0.123 e. The molecule has 1 aliphatic heterocycles. The Morgan fingerprint density at radius 1 is 1.26 bits per heavy atom. The Kier molecular flexibility index (Phi) is 8.42. The zero-order chi connectivity index (χ0) is 12.3. The number of para-hydroxylation sites is 1. The summed E-state index contributed by atoms with van der Waals surface area (Å²) >= 11 is 0. The standard InChI is InChI=1S/C14H22N2O.2ClH/c1-3-12-5-4-6-13(14(12)17)11(2)16-9-7-15-8-10-16;;/h4-6,11,15,17H,3,7-10H2,1-2H3;2*1H/t11-;;/m1../s1. The first kappa shape index (κ1) is 18.5. The van der Waals surface area contributed by atoms with E-state index in [2.05, 4.69) is 24.1 Å². The van der Waals surface area contributed by atoms with E-state index in [0.29, 0.717) is 11.8 Å². The summed E-state index contributed by atoms with van der Waals surface area (Å²) in [5.41, 5.74) is 2.11. The first-order chi connectivity index (χ1) is 8.24. The molecular weight excluding hydrogens is 283 g/mol. The number of halogens is 2. The molecule has 0 unspecified atom stereocenters. The van der Waals surface area contributed by atoms with Gasteiger partial charge in [-0.15, -0.1) is 24.8 Å². The van der Waals surface area contributed by atoms with Crippen LogP contribution in [0.25, 0.3) is 0 Å². The van der Waals surface area contributed by atoms with Gasteiger partial charge in [0.05, 0.1) is 0 Å². The van der Waals surface area contributed by atoms with E-state index in [1.165, 1.54) is 0 Å². The van der Waals surface area contributed by atoms with Gasteiger partial charge in [-0.25, -0.2) is 0 Å². The van der Waals surface area contributed by atoms with E-state index >= 15 is 0 Å². The third-order valence-corrected chi connectivity index (χ3v) is 3.68. The van der Waals surface area contributed by atoms with Crippen molar-refractivity contribution in [3.63, 3.8) is 0 Å². The molecule has 1 aliphatic rings. The molecule has 1 aromatic carbocycles. The molecule has 0 aromatic heterocycles. The van der Waals surface area contributed by atoms with Crippen molar-refractivity contribution < 1.29 is 5.11 Å². The van der Waals surface area contributed by atoms with Gasteiger partial charge in [0.2, 0.25) is 0 Å². The molecule has 1 aromatic rings. The summed E-state index contributed by atoms with van der Waals surface area (Å²) in [5, 5.41) is 13.6. The van der Waals surface area contributed by atoms with Crippen LogP contribution >= 0.6 is 24.8 Å². The maximum absolute atomic E-state index is 10.2. The first-order valence-electron chi connectivity index (χ1n) is 6.49. The van der Waals surface area contributed by atoms with Crippen molar-refractivity contribution in [2.24, 2.45) is 0 Å². The van der Waals surface area contributed by atoms with E-state index in [4.69, 9.17) is 0 Å². The van der Waals surface area contributed by atoms with Crippen LogP contribution in [0.5, 0.6) is 5.75 Å². The van der Waals surface area contributed by atoms with Gasteiger partial charge in [-0.1, -0.05) is 25.1 Å². The number of hydrogen-bond acceptors (Lipinski definition) is 3. The molecule has 3 nitrogen and oxygen atoms in total. The van der Waals surface area contributed by atoms with Gasteiger partial charge in [0.15, 0.2) is 0 Å². The molecule has 0 bridgehead atoms. The van der Waals surface area contributed by atoms with Crippen LogP contribution in [0.2, 0.25) is 0 Å².